The van der Waals surface area contributed by atoms with Gasteiger partial charge in [-0.25, -0.2) is 30.7 Å². The van der Waals surface area contributed by atoms with Gasteiger partial charge in [-0.15, -0.1) is 0 Å². The summed E-state index contributed by atoms with van der Waals surface area (Å²) >= 11 is 0. The number of unbranched alkanes of at least 4 members (excludes halogenated alkanes) is 3. The highest BCUT2D eigenvalue weighted by Crippen LogP contribution is 2.38. The van der Waals surface area contributed by atoms with Crippen LogP contribution in [0.2, 0.25) is 0 Å². The molecule has 0 aliphatic carbocycles. The predicted molar refractivity (Wildman–Crippen MR) is 149 cm³/mol. The molecule has 3 rings (SSSR count). The highest BCUT2D eigenvalue weighted by molar-refractivity contribution is 5.78. The van der Waals surface area contributed by atoms with Crippen LogP contribution in [-0.2, 0) is 12.6 Å². The smallest absolute Gasteiger partial charge is 0.422 e. The summed E-state index contributed by atoms with van der Waals surface area (Å²) in [5.74, 6) is -11.4. The number of rotatable bonds is 13. The molecule has 0 bridgehead atoms. The summed E-state index contributed by atoms with van der Waals surface area (Å²) in [5.41, 5.74) is -4.00. The number of hydrogen-bond donors (Lipinski definition) is 0. The molecule has 0 aliphatic rings. The zero-order chi connectivity index (χ0) is 34.4. The molecule has 0 radical (unpaired) electrons. The first kappa shape index (κ1) is 36.6. The molecule has 0 amide bonds. The zero-order valence-corrected chi connectivity index (χ0v) is 24.5. The van der Waals surface area contributed by atoms with Crippen LogP contribution >= 0.6 is 0 Å². The van der Waals surface area contributed by atoms with Crippen molar-refractivity contribution in [3.63, 3.8) is 0 Å². The maximum atomic E-state index is 15.2. The number of allylic oxidation sites excluding steroid dienone is 3. The first-order valence-electron chi connectivity index (χ1n) is 14.0. The summed E-state index contributed by atoms with van der Waals surface area (Å²) in [5, 5.41) is 0. The van der Waals surface area contributed by atoms with Crippen LogP contribution in [0.15, 0.2) is 60.4 Å². The van der Waals surface area contributed by atoms with Gasteiger partial charge in [-0.2, -0.15) is 22.0 Å². The first-order valence-corrected chi connectivity index (χ1v) is 14.0. The molecule has 0 saturated carbocycles. The zero-order valence-electron chi connectivity index (χ0n) is 24.5. The van der Waals surface area contributed by atoms with Gasteiger partial charge in [0.15, 0.2) is 0 Å². The summed E-state index contributed by atoms with van der Waals surface area (Å²) in [7, 11) is 0. The Labute approximate surface area is 257 Å². The van der Waals surface area contributed by atoms with Gasteiger partial charge in [0.2, 0.25) is 0 Å². The van der Waals surface area contributed by atoms with Crippen LogP contribution in [0.3, 0.4) is 0 Å². The fraction of sp³-hybridized carbons (Fsp3) is 0.333. The maximum Gasteiger partial charge on any atom is 0.422 e. The summed E-state index contributed by atoms with van der Waals surface area (Å²) in [6.07, 6.45) is -9.08. The standard InChI is InChI=1S/C33H28F12O/c1-3-4-5-6-7-19-8-9-24(25(36)11-19)20-13-26(37)30(27(38)14-20)21(10-18(2)34)12-22(35)17-32(41,42)46-23-15-28(39)31(29(40)16-23)33(43,44)45/h8-16,18H,3-7,17H2,1-2H3/b21-10+,22-12+. The quantitative estimate of drug-likeness (QED) is 0.100. The van der Waals surface area contributed by atoms with Crippen molar-refractivity contribution in [3.8, 4) is 16.9 Å². The average molecular weight is 669 g/mol. The van der Waals surface area contributed by atoms with E-state index in [1.54, 1.807) is 6.07 Å². The molecule has 46 heavy (non-hydrogen) atoms. The fourth-order valence-electron chi connectivity index (χ4n) is 4.66. The number of halogens is 12. The molecule has 0 saturated heterocycles. The molecular weight excluding hydrogens is 640 g/mol. The van der Waals surface area contributed by atoms with Crippen LogP contribution in [0.5, 0.6) is 5.75 Å². The van der Waals surface area contributed by atoms with Gasteiger partial charge < -0.3 is 4.74 Å². The lowest BCUT2D eigenvalue weighted by Gasteiger charge is -2.19. The van der Waals surface area contributed by atoms with Gasteiger partial charge in [0.1, 0.15) is 58.8 Å². The second-order valence-corrected chi connectivity index (χ2v) is 10.5. The van der Waals surface area contributed by atoms with Gasteiger partial charge in [-0.3, -0.25) is 0 Å². The lowest BCUT2D eigenvalue weighted by Crippen LogP contribution is -2.25. The van der Waals surface area contributed by atoms with Gasteiger partial charge in [0.25, 0.3) is 0 Å². The van der Waals surface area contributed by atoms with E-state index in [4.69, 9.17) is 0 Å². The normalized spacial score (nSPS) is 13.7. The third-order valence-corrected chi connectivity index (χ3v) is 6.66. The summed E-state index contributed by atoms with van der Waals surface area (Å²) in [4.78, 5) is 0. The SMILES string of the molecule is CCCCCCc1ccc(-c2cc(F)c(C(/C=C(/F)CC(F)(F)Oc3cc(F)c(C(F)(F)F)c(F)c3)=C/C(C)F)c(F)c2)c(F)c1. The van der Waals surface area contributed by atoms with Crippen molar-refractivity contribution in [2.24, 2.45) is 0 Å². The van der Waals surface area contributed by atoms with Crippen molar-refractivity contribution < 1.29 is 57.4 Å². The van der Waals surface area contributed by atoms with E-state index in [-0.39, 0.29) is 29.3 Å². The largest absolute Gasteiger partial charge is 0.432 e. The van der Waals surface area contributed by atoms with Crippen molar-refractivity contribution >= 4 is 5.57 Å². The minimum absolute atomic E-state index is 0.163. The van der Waals surface area contributed by atoms with E-state index in [9.17, 15) is 43.9 Å². The maximum absolute atomic E-state index is 15.2. The van der Waals surface area contributed by atoms with Crippen LogP contribution in [0.1, 0.15) is 62.6 Å². The van der Waals surface area contributed by atoms with Gasteiger partial charge in [-0.1, -0.05) is 38.3 Å². The van der Waals surface area contributed by atoms with Crippen LogP contribution in [-0.4, -0.2) is 12.3 Å². The fourth-order valence-corrected chi connectivity index (χ4v) is 4.66. The Kier molecular flexibility index (Phi) is 12.0. The van der Waals surface area contributed by atoms with E-state index in [0.717, 1.165) is 32.6 Å². The van der Waals surface area contributed by atoms with E-state index >= 15 is 8.78 Å². The molecule has 0 heterocycles. The van der Waals surface area contributed by atoms with Crippen LogP contribution in [0.25, 0.3) is 16.7 Å². The van der Waals surface area contributed by atoms with Crippen molar-refractivity contribution in [1.82, 2.24) is 0 Å². The molecule has 250 valence electrons. The molecule has 1 atom stereocenters. The van der Waals surface area contributed by atoms with Crippen LogP contribution in [0, 0.1) is 29.1 Å². The summed E-state index contributed by atoms with van der Waals surface area (Å²) in [6, 6.07) is 5.18. The first-order chi connectivity index (χ1) is 21.4. The van der Waals surface area contributed by atoms with Gasteiger partial charge in [0.05, 0.1) is 5.56 Å². The lowest BCUT2D eigenvalue weighted by atomic mass is 9.96. The molecular formula is C33H28F12O. The van der Waals surface area contributed by atoms with Crippen molar-refractivity contribution in [3.05, 3.63) is 106 Å². The van der Waals surface area contributed by atoms with E-state index in [2.05, 4.69) is 4.74 Å². The molecule has 13 heteroatoms. The van der Waals surface area contributed by atoms with E-state index < -0.39 is 82.2 Å². The topological polar surface area (TPSA) is 9.23 Å². The summed E-state index contributed by atoms with van der Waals surface area (Å²) < 4.78 is 172. The molecule has 0 spiro atoms. The van der Waals surface area contributed by atoms with Crippen molar-refractivity contribution in [2.75, 3.05) is 0 Å². The third kappa shape index (κ3) is 9.80. The number of aryl methyl sites for hydroxylation is 1. The molecule has 1 unspecified atom stereocenters. The summed E-state index contributed by atoms with van der Waals surface area (Å²) in [6.45, 7) is 2.93. The van der Waals surface area contributed by atoms with Gasteiger partial charge in [-0.05, 0) is 66.8 Å². The molecule has 0 aromatic heterocycles. The average Bonchev–Trinajstić information content (AvgIpc) is 2.88. The Morgan fingerprint density at radius 1 is 0.804 bits per heavy atom. The van der Waals surface area contributed by atoms with E-state index in [1.165, 1.54) is 12.1 Å². The lowest BCUT2D eigenvalue weighted by molar-refractivity contribution is -0.176. The van der Waals surface area contributed by atoms with Gasteiger partial charge >= 0.3 is 12.3 Å². The Morgan fingerprint density at radius 2 is 1.41 bits per heavy atom. The Hall–Kier alpha value is -3.90. The number of alkyl halides is 6. The van der Waals surface area contributed by atoms with Crippen molar-refractivity contribution in [1.29, 1.82) is 0 Å². The molecule has 0 fully saturated rings. The monoisotopic (exact) mass is 668 g/mol. The molecule has 3 aromatic rings. The van der Waals surface area contributed by atoms with Crippen LogP contribution in [0.4, 0.5) is 52.7 Å². The Balaban J connectivity index is 1.88. The van der Waals surface area contributed by atoms with E-state index in [1.807, 2.05) is 6.92 Å². The number of benzene rings is 3. The van der Waals surface area contributed by atoms with E-state index in [0.29, 0.717) is 30.2 Å². The molecule has 3 aromatic carbocycles. The third-order valence-electron chi connectivity index (χ3n) is 6.66. The minimum atomic E-state index is -5.49. The van der Waals surface area contributed by atoms with Gasteiger partial charge in [0, 0.05) is 17.7 Å². The minimum Gasteiger partial charge on any atom is -0.432 e. The highest BCUT2D eigenvalue weighted by atomic mass is 19.4. The molecule has 0 aliphatic heterocycles. The molecule has 0 N–H and O–H groups in total. The second-order valence-electron chi connectivity index (χ2n) is 10.5. The number of hydrogen-bond acceptors (Lipinski definition) is 1. The highest BCUT2D eigenvalue weighted by Gasteiger charge is 2.40. The molecule has 1 nitrogen and oxygen atoms in total. The second kappa shape index (κ2) is 15.1. The van der Waals surface area contributed by atoms with Crippen molar-refractivity contribution in [2.45, 2.75) is 70.8 Å². The van der Waals surface area contributed by atoms with Crippen LogP contribution < -0.4 is 4.74 Å². The number of ether oxygens (including phenoxy) is 1. The Bertz CT molecular complexity index is 1540. The Morgan fingerprint density at radius 3 is 1.93 bits per heavy atom. The predicted octanol–water partition coefficient (Wildman–Crippen LogP) is 11.8.